The molecule has 1 unspecified atom stereocenters. The van der Waals surface area contributed by atoms with Crippen LogP contribution in [0.25, 0.3) is 0 Å². The van der Waals surface area contributed by atoms with Crippen LogP contribution in [0.4, 0.5) is 17.1 Å². The van der Waals surface area contributed by atoms with Gasteiger partial charge in [-0.2, -0.15) is 5.11 Å². The fourth-order valence-electron chi connectivity index (χ4n) is 2.18. The quantitative estimate of drug-likeness (QED) is 0.303. The van der Waals surface area contributed by atoms with E-state index in [-0.39, 0.29) is 16.4 Å². The molecule has 28 heavy (non-hydrogen) atoms. The van der Waals surface area contributed by atoms with Crippen LogP contribution in [0, 0.1) is 10.1 Å². The SMILES string of the molecule is CCOc1ccc(NC(=O)C(/N=N/c2ccc(Cl)cc2[N+](=O)[O-])C(C)=O)cc1. The second-order valence-corrected chi connectivity index (χ2v) is 6.00. The molecule has 146 valence electrons. The summed E-state index contributed by atoms with van der Waals surface area (Å²) in [6.45, 7) is 3.54. The first-order chi connectivity index (χ1) is 13.3. The number of rotatable bonds is 8. The largest absolute Gasteiger partial charge is 0.494 e. The van der Waals surface area contributed by atoms with Gasteiger partial charge in [-0.05, 0) is 50.2 Å². The van der Waals surface area contributed by atoms with Crippen LogP contribution in [0.15, 0.2) is 52.7 Å². The number of azo groups is 1. The van der Waals surface area contributed by atoms with E-state index in [1.54, 1.807) is 24.3 Å². The van der Waals surface area contributed by atoms with Crippen molar-refractivity contribution in [2.45, 2.75) is 19.9 Å². The van der Waals surface area contributed by atoms with Crippen molar-refractivity contribution < 1.29 is 19.2 Å². The lowest BCUT2D eigenvalue weighted by molar-refractivity contribution is -0.384. The molecule has 0 radical (unpaired) electrons. The first-order valence-electron chi connectivity index (χ1n) is 8.20. The summed E-state index contributed by atoms with van der Waals surface area (Å²) in [6.07, 6.45) is 0. The number of ketones is 1. The van der Waals surface area contributed by atoms with Gasteiger partial charge in [-0.1, -0.05) is 11.6 Å². The molecule has 1 amide bonds. The molecule has 0 bridgehead atoms. The molecule has 0 aliphatic carbocycles. The zero-order valence-corrected chi connectivity index (χ0v) is 15.8. The fraction of sp³-hybridized carbons (Fsp3) is 0.222. The molecule has 0 aromatic heterocycles. The van der Waals surface area contributed by atoms with Gasteiger partial charge in [-0.25, -0.2) is 0 Å². The van der Waals surface area contributed by atoms with Gasteiger partial charge in [0.2, 0.25) is 6.04 Å². The smallest absolute Gasteiger partial charge is 0.298 e. The lowest BCUT2D eigenvalue weighted by atomic mass is 10.2. The van der Waals surface area contributed by atoms with Crippen LogP contribution in [-0.2, 0) is 9.59 Å². The number of carbonyl (C=O) groups is 2. The number of nitrogens with one attached hydrogen (secondary N) is 1. The van der Waals surface area contributed by atoms with Gasteiger partial charge in [0, 0.05) is 16.8 Å². The third kappa shape index (κ3) is 5.58. The average Bonchev–Trinajstić information content (AvgIpc) is 2.64. The van der Waals surface area contributed by atoms with Crippen molar-refractivity contribution >= 4 is 40.4 Å². The highest BCUT2D eigenvalue weighted by Crippen LogP contribution is 2.30. The van der Waals surface area contributed by atoms with Gasteiger partial charge in [0.15, 0.2) is 11.5 Å². The van der Waals surface area contributed by atoms with Crippen LogP contribution in [0.3, 0.4) is 0 Å². The third-order valence-corrected chi connectivity index (χ3v) is 3.72. The summed E-state index contributed by atoms with van der Waals surface area (Å²) in [5.74, 6) is -0.640. The Kier molecular flexibility index (Phi) is 7.16. The van der Waals surface area contributed by atoms with Crippen molar-refractivity contribution in [3.05, 3.63) is 57.6 Å². The standard InChI is InChI=1S/C18H17ClN4O5/c1-3-28-14-7-5-13(6-8-14)20-18(25)17(11(2)24)22-21-15-9-4-12(19)10-16(15)23(26)27/h4-10,17H,3H2,1-2H3,(H,20,25)/b22-21+. The second kappa shape index (κ2) is 9.56. The minimum Gasteiger partial charge on any atom is -0.494 e. The number of benzene rings is 2. The van der Waals surface area contributed by atoms with Crippen LogP contribution in [0.5, 0.6) is 5.75 Å². The predicted octanol–water partition coefficient (Wildman–Crippen LogP) is 4.33. The summed E-state index contributed by atoms with van der Waals surface area (Å²) >= 11 is 5.74. The van der Waals surface area contributed by atoms with E-state index < -0.39 is 22.7 Å². The molecule has 10 heteroatoms. The number of halogens is 1. The number of Topliss-reactive ketones (excluding diaryl/α,β-unsaturated/α-hetero) is 1. The lowest BCUT2D eigenvalue weighted by Gasteiger charge is -2.10. The molecule has 1 N–H and O–H groups in total. The molecule has 0 aliphatic rings. The van der Waals surface area contributed by atoms with Crippen LogP contribution in [0.2, 0.25) is 5.02 Å². The summed E-state index contributed by atoms with van der Waals surface area (Å²) in [7, 11) is 0. The van der Waals surface area contributed by atoms with Crippen molar-refractivity contribution in [1.82, 2.24) is 0 Å². The van der Waals surface area contributed by atoms with E-state index in [1.807, 2.05) is 6.92 Å². The van der Waals surface area contributed by atoms with Gasteiger partial charge in [-0.3, -0.25) is 19.7 Å². The molecule has 0 saturated heterocycles. The van der Waals surface area contributed by atoms with Gasteiger partial charge in [-0.15, -0.1) is 5.11 Å². The Balaban J connectivity index is 2.19. The van der Waals surface area contributed by atoms with E-state index in [2.05, 4.69) is 15.5 Å². The Morgan fingerprint density at radius 2 is 1.93 bits per heavy atom. The van der Waals surface area contributed by atoms with E-state index in [0.29, 0.717) is 18.0 Å². The summed E-state index contributed by atoms with van der Waals surface area (Å²) in [6, 6.07) is 8.89. The molecule has 0 aliphatic heterocycles. The summed E-state index contributed by atoms with van der Waals surface area (Å²) in [5, 5.41) is 21.2. The monoisotopic (exact) mass is 404 g/mol. The number of amides is 1. The molecule has 2 rings (SSSR count). The maximum Gasteiger partial charge on any atom is 0.298 e. The van der Waals surface area contributed by atoms with Crippen LogP contribution in [0.1, 0.15) is 13.8 Å². The van der Waals surface area contributed by atoms with Crippen molar-refractivity contribution in [3.63, 3.8) is 0 Å². The van der Waals surface area contributed by atoms with E-state index in [1.165, 1.54) is 19.1 Å². The number of nitro groups is 1. The number of hydrogen-bond acceptors (Lipinski definition) is 7. The first-order valence-corrected chi connectivity index (χ1v) is 8.58. The fourth-order valence-corrected chi connectivity index (χ4v) is 2.34. The summed E-state index contributed by atoms with van der Waals surface area (Å²) in [5.41, 5.74) is -0.0626. The topological polar surface area (TPSA) is 123 Å². The zero-order chi connectivity index (χ0) is 20.7. The van der Waals surface area contributed by atoms with E-state index in [0.717, 1.165) is 6.07 Å². The highest BCUT2D eigenvalue weighted by molar-refractivity contribution is 6.30. The second-order valence-electron chi connectivity index (χ2n) is 5.57. The molecular formula is C18H17ClN4O5. The number of nitro benzene ring substituents is 1. The first kappa shape index (κ1) is 21.0. The zero-order valence-electron chi connectivity index (χ0n) is 15.1. The minimum absolute atomic E-state index is 0.116. The number of carbonyl (C=O) groups excluding carboxylic acids is 2. The number of hydrogen-bond donors (Lipinski definition) is 1. The normalized spacial score (nSPS) is 11.8. The molecule has 0 fully saturated rings. The number of nitrogens with zero attached hydrogens (tertiary/aromatic N) is 3. The molecule has 9 nitrogen and oxygen atoms in total. The van der Waals surface area contributed by atoms with Gasteiger partial charge >= 0.3 is 0 Å². The highest BCUT2D eigenvalue weighted by atomic mass is 35.5. The Morgan fingerprint density at radius 3 is 2.50 bits per heavy atom. The molecule has 0 spiro atoms. The van der Waals surface area contributed by atoms with E-state index in [9.17, 15) is 19.7 Å². The van der Waals surface area contributed by atoms with Crippen molar-refractivity contribution in [2.75, 3.05) is 11.9 Å². The molecule has 0 heterocycles. The predicted molar refractivity (Wildman–Crippen MR) is 103 cm³/mol. The lowest BCUT2D eigenvalue weighted by Crippen LogP contribution is -2.31. The van der Waals surface area contributed by atoms with Gasteiger partial charge < -0.3 is 10.1 Å². The maximum atomic E-state index is 12.4. The van der Waals surface area contributed by atoms with Gasteiger partial charge in [0.1, 0.15) is 5.75 Å². The summed E-state index contributed by atoms with van der Waals surface area (Å²) in [4.78, 5) is 34.6. The number of ether oxygens (including phenoxy) is 1. The highest BCUT2D eigenvalue weighted by Gasteiger charge is 2.24. The maximum absolute atomic E-state index is 12.4. The molecule has 1 atom stereocenters. The van der Waals surface area contributed by atoms with Gasteiger partial charge in [0.25, 0.3) is 11.6 Å². The average molecular weight is 405 g/mol. The van der Waals surface area contributed by atoms with E-state index in [4.69, 9.17) is 16.3 Å². The molecule has 2 aromatic carbocycles. The molecular weight excluding hydrogens is 388 g/mol. The van der Waals surface area contributed by atoms with Crippen molar-refractivity contribution in [1.29, 1.82) is 0 Å². The Hall–Kier alpha value is -3.33. The van der Waals surface area contributed by atoms with Crippen LogP contribution >= 0.6 is 11.6 Å². The minimum atomic E-state index is -1.46. The Labute approximate surface area is 165 Å². The van der Waals surface area contributed by atoms with Crippen LogP contribution in [-0.4, -0.2) is 29.3 Å². The Morgan fingerprint density at radius 1 is 1.25 bits per heavy atom. The van der Waals surface area contributed by atoms with E-state index >= 15 is 0 Å². The van der Waals surface area contributed by atoms with Crippen LogP contribution < -0.4 is 10.1 Å². The van der Waals surface area contributed by atoms with Crippen molar-refractivity contribution in [3.8, 4) is 5.75 Å². The third-order valence-electron chi connectivity index (χ3n) is 3.48. The van der Waals surface area contributed by atoms with Gasteiger partial charge in [0.05, 0.1) is 11.5 Å². The molecule has 0 saturated carbocycles. The van der Waals surface area contributed by atoms with Crippen molar-refractivity contribution in [2.24, 2.45) is 10.2 Å². The Bertz CT molecular complexity index is 915. The summed E-state index contributed by atoms with van der Waals surface area (Å²) < 4.78 is 5.31. The number of anilines is 1. The molecule has 2 aromatic rings.